The van der Waals surface area contributed by atoms with Crippen molar-refractivity contribution in [2.75, 3.05) is 0 Å². The first-order valence-corrected chi connectivity index (χ1v) is 5.73. The number of hydrogen-bond donors (Lipinski definition) is 1. The highest BCUT2D eigenvalue weighted by atomic mass is 16.1. The van der Waals surface area contributed by atoms with Crippen molar-refractivity contribution in [1.29, 1.82) is 0 Å². The molecule has 0 spiro atoms. The van der Waals surface area contributed by atoms with E-state index in [9.17, 15) is 4.79 Å². The Morgan fingerprint density at radius 1 is 1.43 bits per heavy atom. The van der Waals surface area contributed by atoms with E-state index >= 15 is 0 Å². The Morgan fingerprint density at radius 3 is 2.71 bits per heavy atom. The zero-order valence-corrected chi connectivity index (χ0v) is 8.68. The number of amides is 1. The number of hydrogen-bond acceptors (Lipinski definition) is 1. The molecule has 0 aromatic carbocycles. The fourth-order valence-electron chi connectivity index (χ4n) is 3.47. The van der Waals surface area contributed by atoms with Gasteiger partial charge in [0.15, 0.2) is 0 Å². The molecular formula is C12H17NO. The summed E-state index contributed by atoms with van der Waals surface area (Å²) in [5.74, 6) is 1.57. The van der Waals surface area contributed by atoms with Gasteiger partial charge in [-0.15, -0.1) is 0 Å². The van der Waals surface area contributed by atoms with Gasteiger partial charge in [0.25, 0.3) is 0 Å². The summed E-state index contributed by atoms with van der Waals surface area (Å²) in [4.78, 5) is 11.5. The van der Waals surface area contributed by atoms with Gasteiger partial charge in [-0.3, -0.25) is 4.79 Å². The number of carbonyl (C=O) groups excluding carboxylic acids is 1. The second-order valence-corrected chi connectivity index (χ2v) is 5.14. The minimum Gasteiger partial charge on any atom is -0.346 e. The van der Waals surface area contributed by atoms with E-state index in [1.807, 2.05) is 0 Å². The molecule has 2 atom stereocenters. The predicted molar refractivity (Wildman–Crippen MR) is 54.7 cm³/mol. The van der Waals surface area contributed by atoms with E-state index in [2.05, 4.69) is 12.2 Å². The maximum Gasteiger partial charge on any atom is 0.244 e. The lowest BCUT2D eigenvalue weighted by Gasteiger charge is -2.59. The number of carbonyl (C=O) groups is 1. The molecule has 14 heavy (non-hydrogen) atoms. The average Bonchev–Trinajstić information content (AvgIpc) is 1.94. The lowest BCUT2D eigenvalue weighted by molar-refractivity contribution is -0.125. The van der Waals surface area contributed by atoms with Crippen LogP contribution in [-0.4, -0.2) is 11.4 Å². The van der Waals surface area contributed by atoms with Gasteiger partial charge in [0.2, 0.25) is 5.91 Å². The van der Waals surface area contributed by atoms with Crippen molar-refractivity contribution < 1.29 is 4.79 Å². The van der Waals surface area contributed by atoms with Gasteiger partial charge in [-0.25, -0.2) is 0 Å². The summed E-state index contributed by atoms with van der Waals surface area (Å²) < 4.78 is 0. The van der Waals surface area contributed by atoms with E-state index in [-0.39, 0.29) is 11.4 Å². The summed E-state index contributed by atoms with van der Waals surface area (Å²) >= 11 is 0. The molecule has 3 rings (SSSR count). The highest BCUT2D eigenvalue weighted by Crippen LogP contribution is 2.54. The van der Waals surface area contributed by atoms with Crippen LogP contribution >= 0.6 is 0 Å². The SMILES string of the molecule is CC1=CC(=O)N[C@@]2(C3CCC3)CC[C@@H]12. The quantitative estimate of drug-likeness (QED) is 0.675. The van der Waals surface area contributed by atoms with Crippen LogP contribution < -0.4 is 5.32 Å². The summed E-state index contributed by atoms with van der Waals surface area (Å²) in [6.45, 7) is 2.12. The molecular weight excluding hydrogens is 174 g/mol. The van der Waals surface area contributed by atoms with Crippen LogP contribution in [0.5, 0.6) is 0 Å². The van der Waals surface area contributed by atoms with Crippen molar-refractivity contribution in [3.63, 3.8) is 0 Å². The molecule has 0 aromatic heterocycles. The van der Waals surface area contributed by atoms with Crippen LogP contribution in [0.25, 0.3) is 0 Å². The van der Waals surface area contributed by atoms with Crippen molar-refractivity contribution in [2.45, 2.75) is 44.6 Å². The fourth-order valence-corrected chi connectivity index (χ4v) is 3.47. The first-order valence-electron chi connectivity index (χ1n) is 5.73. The van der Waals surface area contributed by atoms with Gasteiger partial charge in [0, 0.05) is 17.5 Å². The average molecular weight is 191 g/mol. The van der Waals surface area contributed by atoms with Crippen molar-refractivity contribution in [1.82, 2.24) is 5.32 Å². The van der Waals surface area contributed by atoms with Crippen LogP contribution in [0, 0.1) is 11.8 Å². The van der Waals surface area contributed by atoms with E-state index in [1.54, 1.807) is 6.08 Å². The monoisotopic (exact) mass is 191 g/mol. The Balaban J connectivity index is 1.92. The Kier molecular flexibility index (Phi) is 1.59. The number of nitrogens with one attached hydrogen (secondary N) is 1. The predicted octanol–water partition coefficient (Wildman–Crippen LogP) is 2.01. The molecule has 0 radical (unpaired) electrons. The molecule has 1 amide bonds. The second kappa shape index (κ2) is 2.62. The van der Waals surface area contributed by atoms with E-state index in [0.717, 1.165) is 5.92 Å². The molecule has 0 aromatic rings. The van der Waals surface area contributed by atoms with Gasteiger partial charge in [-0.1, -0.05) is 12.0 Å². The van der Waals surface area contributed by atoms with Crippen molar-refractivity contribution in [2.24, 2.45) is 11.8 Å². The summed E-state index contributed by atoms with van der Waals surface area (Å²) in [6, 6.07) is 0. The Morgan fingerprint density at radius 2 is 2.21 bits per heavy atom. The largest absolute Gasteiger partial charge is 0.346 e. The molecule has 0 bridgehead atoms. The topological polar surface area (TPSA) is 29.1 Å². The smallest absolute Gasteiger partial charge is 0.244 e. The minimum atomic E-state index is 0.144. The fraction of sp³-hybridized carbons (Fsp3) is 0.750. The Bertz CT molecular complexity index is 316. The minimum absolute atomic E-state index is 0.144. The molecule has 2 saturated carbocycles. The Hall–Kier alpha value is -0.790. The Labute approximate surface area is 84.8 Å². The van der Waals surface area contributed by atoms with E-state index in [0.29, 0.717) is 5.92 Å². The highest BCUT2D eigenvalue weighted by Gasteiger charge is 2.56. The molecule has 2 nitrogen and oxygen atoms in total. The van der Waals surface area contributed by atoms with Crippen LogP contribution in [0.2, 0.25) is 0 Å². The van der Waals surface area contributed by atoms with Gasteiger partial charge in [0.05, 0.1) is 0 Å². The molecule has 1 heterocycles. The van der Waals surface area contributed by atoms with Gasteiger partial charge in [-0.05, 0) is 38.5 Å². The maximum absolute atomic E-state index is 11.5. The third-order valence-electron chi connectivity index (χ3n) is 4.57. The van der Waals surface area contributed by atoms with Crippen LogP contribution in [0.4, 0.5) is 0 Å². The zero-order chi connectivity index (χ0) is 9.76. The first kappa shape index (κ1) is 8.51. The summed E-state index contributed by atoms with van der Waals surface area (Å²) in [7, 11) is 0. The van der Waals surface area contributed by atoms with Crippen LogP contribution in [0.1, 0.15) is 39.0 Å². The third-order valence-corrected chi connectivity index (χ3v) is 4.57. The molecule has 0 unspecified atom stereocenters. The van der Waals surface area contributed by atoms with Crippen LogP contribution in [0.3, 0.4) is 0 Å². The van der Waals surface area contributed by atoms with Crippen molar-refractivity contribution in [3.05, 3.63) is 11.6 Å². The molecule has 2 aliphatic carbocycles. The second-order valence-electron chi connectivity index (χ2n) is 5.14. The van der Waals surface area contributed by atoms with Crippen LogP contribution in [0.15, 0.2) is 11.6 Å². The lowest BCUT2D eigenvalue weighted by atomic mass is 9.52. The summed E-state index contributed by atoms with van der Waals surface area (Å²) in [6.07, 6.45) is 8.28. The molecule has 76 valence electrons. The van der Waals surface area contributed by atoms with Gasteiger partial charge >= 0.3 is 0 Å². The third kappa shape index (κ3) is 0.891. The lowest BCUT2D eigenvalue weighted by Crippen LogP contribution is -2.67. The van der Waals surface area contributed by atoms with E-state index in [1.165, 1.54) is 37.7 Å². The number of rotatable bonds is 1. The van der Waals surface area contributed by atoms with Gasteiger partial charge in [-0.2, -0.15) is 0 Å². The van der Waals surface area contributed by atoms with Crippen molar-refractivity contribution in [3.8, 4) is 0 Å². The molecule has 0 saturated heterocycles. The number of fused-ring (bicyclic) bond motifs is 1. The highest BCUT2D eigenvalue weighted by molar-refractivity contribution is 5.90. The maximum atomic E-state index is 11.5. The molecule has 2 heteroatoms. The molecule has 1 N–H and O–H groups in total. The van der Waals surface area contributed by atoms with Crippen LogP contribution in [-0.2, 0) is 4.79 Å². The van der Waals surface area contributed by atoms with E-state index < -0.39 is 0 Å². The summed E-state index contributed by atoms with van der Waals surface area (Å²) in [5.41, 5.74) is 1.50. The molecule has 1 aliphatic heterocycles. The molecule has 2 fully saturated rings. The molecule has 3 aliphatic rings. The van der Waals surface area contributed by atoms with E-state index in [4.69, 9.17) is 0 Å². The van der Waals surface area contributed by atoms with Gasteiger partial charge in [0.1, 0.15) is 0 Å². The normalized spacial score (nSPS) is 41.6. The van der Waals surface area contributed by atoms with Crippen molar-refractivity contribution >= 4 is 5.91 Å². The standard InChI is InChI=1S/C12H17NO/c1-8-7-11(14)13-12(6-5-10(8)12)9-3-2-4-9/h7,9-10H,2-6H2,1H3,(H,13,14)/t10-,12+/m0/s1. The van der Waals surface area contributed by atoms with Gasteiger partial charge < -0.3 is 5.32 Å². The first-order chi connectivity index (χ1) is 6.72. The zero-order valence-electron chi connectivity index (χ0n) is 8.68. The summed E-state index contributed by atoms with van der Waals surface area (Å²) in [5, 5.41) is 3.25.